The van der Waals surface area contributed by atoms with Gasteiger partial charge in [0.1, 0.15) is 5.82 Å². The van der Waals surface area contributed by atoms with E-state index in [4.69, 9.17) is 11.6 Å². The molecule has 1 heterocycles. The van der Waals surface area contributed by atoms with Crippen molar-refractivity contribution in [3.8, 4) is 0 Å². The van der Waals surface area contributed by atoms with Crippen LogP contribution < -0.4 is 4.90 Å². The first-order chi connectivity index (χ1) is 6.85. The summed E-state index contributed by atoms with van der Waals surface area (Å²) < 4.78 is 0. The molecule has 14 heavy (non-hydrogen) atoms. The van der Waals surface area contributed by atoms with Crippen molar-refractivity contribution < 1.29 is 0 Å². The van der Waals surface area contributed by atoms with Gasteiger partial charge < -0.3 is 4.90 Å². The van der Waals surface area contributed by atoms with Crippen molar-refractivity contribution in [3.05, 3.63) is 23.9 Å². The van der Waals surface area contributed by atoms with E-state index in [0.29, 0.717) is 5.88 Å². The van der Waals surface area contributed by atoms with E-state index >= 15 is 0 Å². The minimum atomic E-state index is 0.496. The predicted octanol–water partition coefficient (Wildman–Crippen LogP) is 2.81. The van der Waals surface area contributed by atoms with Crippen LogP contribution in [0, 0.1) is 0 Å². The molecule has 0 aromatic carbocycles. The summed E-state index contributed by atoms with van der Waals surface area (Å²) in [4.78, 5) is 6.87. The maximum atomic E-state index is 5.76. The summed E-state index contributed by atoms with van der Waals surface area (Å²) >= 11 is 5.76. The molecule has 1 aliphatic rings. The third kappa shape index (κ3) is 2.01. The number of nitrogens with zero attached hydrogens (tertiary/aromatic N) is 2. The molecule has 1 aromatic rings. The largest absolute Gasteiger partial charge is 0.354 e. The minimum Gasteiger partial charge on any atom is -0.354 e. The maximum absolute atomic E-state index is 5.76. The summed E-state index contributed by atoms with van der Waals surface area (Å²) in [6.45, 7) is 3.21. The Balaban J connectivity index is 2.20. The second-order valence-corrected chi connectivity index (χ2v) is 3.91. The number of halogens is 1. The van der Waals surface area contributed by atoms with Gasteiger partial charge in [-0.05, 0) is 31.9 Å². The van der Waals surface area contributed by atoms with Crippen LogP contribution in [-0.2, 0) is 5.88 Å². The molecule has 1 fully saturated rings. The van der Waals surface area contributed by atoms with E-state index in [1.165, 1.54) is 12.8 Å². The Hall–Kier alpha value is -0.760. The molecule has 0 atom stereocenters. The normalized spacial score (nSPS) is 15.6. The highest BCUT2D eigenvalue weighted by Crippen LogP contribution is 2.30. The van der Waals surface area contributed by atoms with Crippen LogP contribution in [-0.4, -0.2) is 17.6 Å². The molecular weight excluding hydrogens is 196 g/mol. The molecule has 0 amide bonds. The standard InChI is InChI=1S/C11H15ClN2/c1-2-14(10-6-7-10)11-5-3-4-9(8-12)13-11/h3-5,10H,2,6-8H2,1H3. The number of hydrogen-bond donors (Lipinski definition) is 0. The lowest BCUT2D eigenvalue weighted by molar-refractivity contribution is 0.805. The van der Waals surface area contributed by atoms with Crippen LogP contribution in [0.3, 0.4) is 0 Å². The van der Waals surface area contributed by atoms with Gasteiger partial charge in [0.2, 0.25) is 0 Å². The lowest BCUT2D eigenvalue weighted by Crippen LogP contribution is -2.26. The summed E-state index contributed by atoms with van der Waals surface area (Å²) in [7, 11) is 0. The van der Waals surface area contributed by atoms with Gasteiger partial charge in [-0.25, -0.2) is 4.98 Å². The molecule has 0 saturated heterocycles. The monoisotopic (exact) mass is 210 g/mol. The highest BCUT2D eigenvalue weighted by Gasteiger charge is 2.28. The Labute approximate surface area is 89.9 Å². The fourth-order valence-electron chi connectivity index (χ4n) is 1.69. The Kier molecular flexibility index (Phi) is 2.92. The summed E-state index contributed by atoms with van der Waals surface area (Å²) in [5.41, 5.74) is 0.961. The lowest BCUT2D eigenvalue weighted by atomic mass is 10.3. The average Bonchev–Trinajstić information content (AvgIpc) is 3.04. The molecule has 0 N–H and O–H groups in total. The molecular formula is C11H15ClN2. The van der Waals surface area contributed by atoms with Crippen LogP contribution in [0.25, 0.3) is 0 Å². The van der Waals surface area contributed by atoms with Crippen LogP contribution in [0.1, 0.15) is 25.5 Å². The smallest absolute Gasteiger partial charge is 0.129 e. The van der Waals surface area contributed by atoms with Gasteiger partial charge in [-0.1, -0.05) is 6.07 Å². The third-order valence-corrected chi connectivity index (χ3v) is 2.83. The van der Waals surface area contributed by atoms with Gasteiger partial charge in [0, 0.05) is 12.6 Å². The number of alkyl halides is 1. The summed E-state index contributed by atoms with van der Waals surface area (Å²) in [5.74, 6) is 1.57. The van der Waals surface area contributed by atoms with Gasteiger partial charge in [-0.3, -0.25) is 0 Å². The van der Waals surface area contributed by atoms with Crippen molar-refractivity contribution in [2.75, 3.05) is 11.4 Å². The number of hydrogen-bond acceptors (Lipinski definition) is 2. The molecule has 0 radical (unpaired) electrons. The van der Waals surface area contributed by atoms with Crippen LogP contribution in [0.15, 0.2) is 18.2 Å². The van der Waals surface area contributed by atoms with E-state index in [1.807, 2.05) is 12.1 Å². The second-order valence-electron chi connectivity index (χ2n) is 3.64. The van der Waals surface area contributed by atoms with Crippen LogP contribution in [0.4, 0.5) is 5.82 Å². The summed E-state index contributed by atoms with van der Waals surface area (Å²) in [6.07, 6.45) is 2.61. The number of pyridine rings is 1. The van der Waals surface area contributed by atoms with Gasteiger partial charge in [0.25, 0.3) is 0 Å². The van der Waals surface area contributed by atoms with Crippen LogP contribution in [0.2, 0.25) is 0 Å². The third-order valence-electron chi connectivity index (χ3n) is 2.55. The lowest BCUT2D eigenvalue weighted by Gasteiger charge is -2.21. The highest BCUT2D eigenvalue weighted by atomic mass is 35.5. The van der Waals surface area contributed by atoms with Crippen LogP contribution in [0.5, 0.6) is 0 Å². The van der Waals surface area contributed by atoms with E-state index < -0.39 is 0 Å². The highest BCUT2D eigenvalue weighted by molar-refractivity contribution is 6.16. The second kappa shape index (κ2) is 4.18. The maximum Gasteiger partial charge on any atom is 0.129 e. The van der Waals surface area contributed by atoms with E-state index in [2.05, 4.69) is 22.9 Å². The number of rotatable bonds is 4. The molecule has 2 rings (SSSR count). The molecule has 76 valence electrons. The fraction of sp³-hybridized carbons (Fsp3) is 0.545. The van der Waals surface area contributed by atoms with E-state index in [0.717, 1.165) is 24.1 Å². The molecule has 0 bridgehead atoms. The van der Waals surface area contributed by atoms with Crippen molar-refractivity contribution >= 4 is 17.4 Å². The molecule has 1 aromatic heterocycles. The van der Waals surface area contributed by atoms with E-state index in [9.17, 15) is 0 Å². The molecule has 2 nitrogen and oxygen atoms in total. The van der Waals surface area contributed by atoms with Gasteiger partial charge in [-0.2, -0.15) is 0 Å². The Morgan fingerprint density at radius 3 is 2.86 bits per heavy atom. The SMILES string of the molecule is CCN(c1cccc(CCl)n1)C1CC1. The van der Waals surface area contributed by atoms with Crippen molar-refractivity contribution in [2.45, 2.75) is 31.7 Å². The average molecular weight is 211 g/mol. The quantitative estimate of drug-likeness (QED) is 0.711. The van der Waals surface area contributed by atoms with Crippen molar-refractivity contribution in [2.24, 2.45) is 0 Å². The first kappa shape index (κ1) is 9.78. The number of anilines is 1. The van der Waals surface area contributed by atoms with E-state index in [-0.39, 0.29) is 0 Å². The molecule has 3 heteroatoms. The predicted molar refractivity (Wildman–Crippen MR) is 59.8 cm³/mol. The number of aromatic nitrogens is 1. The van der Waals surface area contributed by atoms with Gasteiger partial charge in [0.05, 0.1) is 11.6 Å². The Morgan fingerprint density at radius 1 is 1.50 bits per heavy atom. The fourth-order valence-corrected chi connectivity index (χ4v) is 1.84. The summed E-state index contributed by atoms with van der Waals surface area (Å²) in [5, 5.41) is 0. The molecule has 0 spiro atoms. The molecule has 0 unspecified atom stereocenters. The summed E-state index contributed by atoms with van der Waals surface area (Å²) in [6, 6.07) is 6.79. The van der Waals surface area contributed by atoms with Crippen molar-refractivity contribution in [3.63, 3.8) is 0 Å². The zero-order valence-electron chi connectivity index (χ0n) is 8.41. The Morgan fingerprint density at radius 2 is 2.29 bits per heavy atom. The zero-order chi connectivity index (χ0) is 9.97. The van der Waals surface area contributed by atoms with Crippen LogP contribution >= 0.6 is 11.6 Å². The van der Waals surface area contributed by atoms with Gasteiger partial charge in [-0.15, -0.1) is 11.6 Å². The van der Waals surface area contributed by atoms with Crippen molar-refractivity contribution in [1.82, 2.24) is 4.98 Å². The molecule has 1 saturated carbocycles. The van der Waals surface area contributed by atoms with Crippen molar-refractivity contribution in [1.29, 1.82) is 0 Å². The minimum absolute atomic E-state index is 0.496. The first-order valence-corrected chi connectivity index (χ1v) is 5.67. The molecule has 1 aliphatic carbocycles. The zero-order valence-corrected chi connectivity index (χ0v) is 9.17. The first-order valence-electron chi connectivity index (χ1n) is 5.13. The topological polar surface area (TPSA) is 16.1 Å². The van der Waals surface area contributed by atoms with Gasteiger partial charge >= 0.3 is 0 Å². The van der Waals surface area contributed by atoms with Gasteiger partial charge in [0.15, 0.2) is 0 Å². The molecule has 0 aliphatic heterocycles. The van der Waals surface area contributed by atoms with E-state index in [1.54, 1.807) is 0 Å². The Bertz CT molecular complexity index is 310.